The van der Waals surface area contributed by atoms with Crippen molar-refractivity contribution in [3.05, 3.63) is 71.5 Å². The van der Waals surface area contributed by atoms with Gasteiger partial charge in [0.25, 0.3) is 0 Å². The third-order valence-electron chi connectivity index (χ3n) is 5.54. The van der Waals surface area contributed by atoms with Crippen molar-refractivity contribution in [1.82, 2.24) is 14.9 Å². The molecular weight excluding hydrogens is 306 g/mol. The number of nitrogens with one attached hydrogen (secondary N) is 2. The molecule has 0 radical (unpaired) electrons. The average Bonchev–Trinajstić information content (AvgIpc) is 3.31. The van der Waals surface area contributed by atoms with E-state index >= 15 is 0 Å². The third-order valence-corrected chi connectivity index (χ3v) is 5.54. The Morgan fingerprint density at radius 1 is 1.00 bits per heavy atom. The molecule has 1 fully saturated rings. The first-order valence-corrected chi connectivity index (χ1v) is 9.17. The van der Waals surface area contributed by atoms with Crippen LogP contribution >= 0.6 is 0 Å². The molecule has 3 nitrogen and oxygen atoms in total. The molecule has 2 N–H and O–H groups in total. The molecule has 0 amide bonds. The quantitative estimate of drug-likeness (QED) is 0.526. The Labute approximate surface area is 147 Å². The van der Waals surface area contributed by atoms with E-state index in [1.165, 1.54) is 58.1 Å². The second-order valence-electron chi connectivity index (χ2n) is 7.27. The van der Waals surface area contributed by atoms with Crippen molar-refractivity contribution >= 4 is 21.8 Å². The van der Waals surface area contributed by atoms with Gasteiger partial charge in [0.05, 0.1) is 6.04 Å². The van der Waals surface area contributed by atoms with Crippen LogP contribution in [0.5, 0.6) is 0 Å². The molecule has 0 aliphatic carbocycles. The van der Waals surface area contributed by atoms with Crippen molar-refractivity contribution in [2.45, 2.75) is 32.4 Å². The van der Waals surface area contributed by atoms with Crippen molar-refractivity contribution in [2.24, 2.45) is 0 Å². The van der Waals surface area contributed by atoms with Crippen molar-refractivity contribution in [1.29, 1.82) is 0 Å². The molecule has 1 aliphatic rings. The number of hydrogen-bond donors (Lipinski definition) is 2. The normalized spacial score (nSPS) is 18.5. The van der Waals surface area contributed by atoms with Gasteiger partial charge in [0.15, 0.2) is 0 Å². The second-order valence-corrected chi connectivity index (χ2v) is 7.27. The lowest BCUT2D eigenvalue weighted by atomic mass is 10.1. The summed E-state index contributed by atoms with van der Waals surface area (Å²) in [6.45, 7) is 4.31. The van der Waals surface area contributed by atoms with Crippen molar-refractivity contribution in [2.75, 3.05) is 6.54 Å². The smallest absolute Gasteiger partial charge is 0.0502 e. The van der Waals surface area contributed by atoms with Crippen molar-refractivity contribution < 1.29 is 0 Å². The SMILES string of the molecule is Cc1cc2c(CN3CCCC3c3cc4ccccc4[nH]3)cccc2[nH]1. The van der Waals surface area contributed by atoms with E-state index in [1.807, 2.05) is 0 Å². The Bertz CT molecular complexity index is 1010. The Balaban J connectivity index is 1.48. The number of benzene rings is 2. The molecule has 2 aromatic carbocycles. The Morgan fingerprint density at radius 3 is 2.80 bits per heavy atom. The predicted octanol–water partition coefficient (Wildman–Crippen LogP) is 5.29. The standard InChI is InChI=1S/C22H23N3/c1-15-12-18-17(7-4-9-20(18)23-15)14-25-11-5-10-22(25)21-13-16-6-2-3-8-19(16)24-21/h2-4,6-9,12-13,22-24H,5,10-11,14H2,1H3. The van der Waals surface area contributed by atoms with Crippen LogP contribution in [0.15, 0.2) is 54.6 Å². The summed E-state index contributed by atoms with van der Waals surface area (Å²) in [4.78, 5) is 9.73. The molecule has 0 bridgehead atoms. The first-order valence-electron chi connectivity index (χ1n) is 9.17. The van der Waals surface area contributed by atoms with Crippen LogP contribution in [0.3, 0.4) is 0 Å². The highest BCUT2D eigenvalue weighted by Crippen LogP contribution is 2.35. The maximum Gasteiger partial charge on any atom is 0.0502 e. The number of hydrogen-bond acceptors (Lipinski definition) is 1. The second kappa shape index (κ2) is 5.78. The highest BCUT2D eigenvalue weighted by atomic mass is 15.2. The summed E-state index contributed by atoms with van der Waals surface area (Å²) in [6, 6.07) is 20.3. The minimum atomic E-state index is 0.489. The number of H-pyrrole nitrogens is 2. The monoisotopic (exact) mass is 329 g/mol. The van der Waals surface area contributed by atoms with Crippen LogP contribution in [-0.2, 0) is 6.54 Å². The van der Waals surface area contributed by atoms with Crippen LogP contribution in [0.1, 0.15) is 35.8 Å². The van der Waals surface area contributed by atoms with E-state index in [9.17, 15) is 0 Å². The summed E-state index contributed by atoms with van der Waals surface area (Å²) in [7, 11) is 0. The fourth-order valence-electron chi connectivity index (χ4n) is 4.36. The maximum atomic E-state index is 3.65. The lowest BCUT2D eigenvalue weighted by Gasteiger charge is -2.24. The fraction of sp³-hybridized carbons (Fsp3) is 0.273. The topological polar surface area (TPSA) is 34.8 Å². The largest absolute Gasteiger partial charge is 0.359 e. The summed E-state index contributed by atoms with van der Waals surface area (Å²) in [5, 5.41) is 2.68. The van der Waals surface area contributed by atoms with Gasteiger partial charge >= 0.3 is 0 Å². The van der Waals surface area contributed by atoms with Gasteiger partial charge in [0.1, 0.15) is 0 Å². The van der Waals surface area contributed by atoms with E-state index in [2.05, 4.69) is 76.4 Å². The molecular formula is C22H23N3. The molecule has 2 aromatic heterocycles. The summed E-state index contributed by atoms with van der Waals surface area (Å²) in [5.41, 5.74) is 6.50. The molecule has 25 heavy (non-hydrogen) atoms. The van der Waals surface area contributed by atoms with E-state index in [0.717, 1.165) is 6.54 Å². The Hall–Kier alpha value is -2.52. The maximum absolute atomic E-state index is 3.65. The summed E-state index contributed by atoms with van der Waals surface area (Å²) < 4.78 is 0. The van der Waals surface area contributed by atoms with Gasteiger partial charge in [-0.05, 0) is 61.5 Å². The lowest BCUT2D eigenvalue weighted by molar-refractivity contribution is 0.246. The molecule has 0 saturated carbocycles. The fourth-order valence-corrected chi connectivity index (χ4v) is 4.36. The number of nitrogens with zero attached hydrogens (tertiary/aromatic N) is 1. The highest BCUT2D eigenvalue weighted by Gasteiger charge is 2.27. The minimum Gasteiger partial charge on any atom is -0.359 e. The van der Waals surface area contributed by atoms with Gasteiger partial charge < -0.3 is 9.97 Å². The number of aromatic nitrogens is 2. The van der Waals surface area contributed by atoms with Crippen LogP contribution in [0, 0.1) is 6.92 Å². The molecule has 1 atom stereocenters. The van der Waals surface area contributed by atoms with Crippen molar-refractivity contribution in [3.8, 4) is 0 Å². The van der Waals surface area contributed by atoms with Gasteiger partial charge in [0, 0.05) is 34.4 Å². The zero-order valence-corrected chi connectivity index (χ0v) is 14.5. The van der Waals surface area contributed by atoms with E-state index in [-0.39, 0.29) is 0 Å². The van der Waals surface area contributed by atoms with Crippen LogP contribution in [0.25, 0.3) is 21.8 Å². The minimum absolute atomic E-state index is 0.489. The molecule has 3 heterocycles. The predicted molar refractivity (Wildman–Crippen MR) is 104 cm³/mol. The van der Waals surface area contributed by atoms with Gasteiger partial charge in [-0.25, -0.2) is 0 Å². The number of rotatable bonds is 3. The summed E-state index contributed by atoms with van der Waals surface area (Å²) >= 11 is 0. The van der Waals surface area contributed by atoms with Gasteiger partial charge in [-0.3, -0.25) is 4.90 Å². The summed E-state index contributed by atoms with van der Waals surface area (Å²) in [5.74, 6) is 0. The molecule has 126 valence electrons. The first-order chi connectivity index (χ1) is 12.3. The molecule has 1 aliphatic heterocycles. The molecule has 5 rings (SSSR count). The van der Waals surface area contributed by atoms with Crippen LogP contribution in [0.2, 0.25) is 0 Å². The number of fused-ring (bicyclic) bond motifs is 2. The Morgan fingerprint density at radius 2 is 1.88 bits per heavy atom. The van der Waals surface area contributed by atoms with Gasteiger partial charge in [-0.15, -0.1) is 0 Å². The van der Waals surface area contributed by atoms with Gasteiger partial charge in [-0.2, -0.15) is 0 Å². The average molecular weight is 329 g/mol. The van der Waals surface area contributed by atoms with E-state index in [0.29, 0.717) is 6.04 Å². The number of aryl methyl sites for hydroxylation is 1. The molecule has 0 spiro atoms. The van der Waals surface area contributed by atoms with E-state index in [4.69, 9.17) is 0 Å². The van der Waals surface area contributed by atoms with E-state index < -0.39 is 0 Å². The molecule has 1 saturated heterocycles. The van der Waals surface area contributed by atoms with Gasteiger partial charge in [0.2, 0.25) is 0 Å². The number of aromatic amines is 2. The number of likely N-dealkylation sites (tertiary alicyclic amines) is 1. The summed E-state index contributed by atoms with van der Waals surface area (Å²) in [6.07, 6.45) is 2.50. The highest BCUT2D eigenvalue weighted by molar-refractivity contribution is 5.84. The van der Waals surface area contributed by atoms with Crippen LogP contribution < -0.4 is 0 Å². The lowest BCUT2D eigenvalue weighted by Crippen LogP contribution is -2.23. The molecule has 1 unspecified atom stereocenters. The molecule has 3 heteroatoms. The molecule has 4 aromatic rings. The van der Waals surface area contributed by atoms with Crippen LogP contribution in [0.4, 0.5) is 0 Å². The van der Waals surface area contributed by atoms with Crippen LogP contribution in [-0.4, -0.2) is 21.4 Å². The van der Waals surface area contributed by atoms with E-state index in [1.54, 1.807) is 0 Å². The van der Waals surface area contributed by atoms with Crippen molar-refractivity contribution in [3.63, 3.8) is 0 Å². The third kappa shape index (κ3) is 2.56. The zero-order chi connectivity index (χ0) is 16.8. The first kappa shape index (κ1) is 14.8. The zero-order valence-electron chi connectivity index (χ0n) is 14.5. The van der Waals surface area contributed by atoms with Gasteiger partial charge in [-0.1, -0.05) is 30.3 Å². The number of para-hydroxylation sites is 1. The Kier molecular flexibility index (Phi) is 3.42.